The summed E-state index contributed by atoms with van der Waals surface area (Å²) >= 11 is 0. The van der Waals surface area contributed by atoms with Gasteiger partial charge in [0.25, 0.3) is 0 Å². The minimum Gasteiger partial charge on any atom is -0.356 e. The van der Waals surface area contributed by atoms with Crippen LogP contribution in [0.4, 0.5) is 0 Å². The first-order chi connectivity index (χ1) is 13.8. The molecule has 4 aromatic rings. The van der Waals surface area contributed by atoms with Crippen molar-refractivity contribution in [3.8, 4) is 11.3 Å². The van der Waals surface area contributed by atoms with E-state index in [1.54, 1.807) is 12.5 Å². The van der Waals surface area contributed by atoms with Gasteiger partial charge in [0.05, 0.1) is 23.1 Å². The molecule has 0 radical (unpaired) electrons. The number of hydrogen-bond donors (Lipinski definition) is 1. The molecule has 0 unspecified atom stereocenters. The summed E-state index contributed by atoms with van der Waals surface area (Å²) in [5.41, 5.74) is 3.94. The van der Waals surface area contributed by atoms with Crippen molar-refractivity contribution in [2.24, 2.45) is 0 Å². The zero-order valence-corrected chi connectivity index (χ0v) is 15.5. The predicted octanol–water partition coefficient (Wildman–Crippen LogP) is 3.24. The Morgan fingerprint density at radius 2 is 1.79 bits per heavy atom. The summed E-state index contributed by atoms with van der Waals surface area (Å²) in [6, 6.07) is 19.8. The Labute approximate surface area is 163 Å². The lowest BCUT2D eigenvalue weighted by Gasteiger charge is -2.07. The summed E-state index contributed by atoms with van der Waals surface area (Å²) in [4.78, 5) is 25.4. The van der Waals surface area contributed by atoms with Crippen molar-refractivity contribution >= 4 is 16.9 Å². The Morgan fingerprint density at radius 1 is 0.964 bits per heavy atom. The first kappa shape index (κ1) is 17.9. The molecule has 0 bridgehead atoms. The molecule has 2 aromatic heterocycles. The molecule has 1 N–H and O–H groups in total. The Morgan fingerprint density at radius 3 is 2.68 bits per heavy atom. The standard InChI is InChI=1S/C22H21N5O/c28-22(12-15-27-16-25-19-8-4-5-9-20(19)27)24-14-11-21-23-13-10-18(26-21)17-6-2-1-3-7-17/h1-10,13,16H,11-12,14-15H2,(H,24,28). The van der Waals surface area contributed by atoms with Gasteiger partial charge in [-0.3, -0.25) is 4.79 Å². The fourth-order valence-electron chi connectivity index (χ4n) is 3.10. The van der Waals surface area contributed by atoms with E-state index in [-0.39, 0.29) is 5.91 Å². The number of aromatic nitrogens is 4. The summed E-state index contributed by atoms with van der Waals surface area (Å²) < 4.78 is 2.00. The predicted molar refractivity (Wildman–Crippen MR) is 109 cm³/mol. The molecule has 140 valence electrons. The van der Waals surface area contributed by atoms with E-state index in [0.29, 0.717) is 25.9 Å². The third kappa shape index (κ3) is 4.23. The van der Waals surface area contributed by atoms with Gasteiger partial charge in [0.2, 0.25) is 5.91 Å². The number of hydrogen-bond acceptors (Lipinski definition) is 4. The molecule has 0 saturated carbocycles. The topological polar surface area (TPSA) is 72.7 Å². The number of amides is 1. The molecule has 6 heteroatoms. The monoisotopic (exact) mass is 371 g/mol. The fraction of sp³-hybridized carbons (Fsp3) is 0.182. The van der Waals surface area contributed by atoms with Gasteiger partial charge in [0.1, 0.15) is 5.82 Å². The minimum atomic E-state index is 0.0111. The largest absolute Gasteiger partial charge is 0.356 e. The number of para-hydroxylation sites is 2. The van der Waals surface area contributed by atoms with Gasteiger partial charge in [0, 0.05) is 37.7 Å². The lowest BCUT2D eigenvalue weighted by atomic mass is 10.1. The normalized spacial score (nSPS) is 10.9. The Bertz CT molecular complexity index is 1070. The second-order valence-electron chi connectivity index (χ2n) is 6.50. The number of fused-ring (bicyclic) bond motifs is 1. The molecular weight excluding hydrogens is 350 g/mol. The highest BCUT2D eigenvalue weighted by Crippen LogP contribution is 2.15. The third-order valence-electron chi connectivity index (χ3n) is 4.55. The Hall–Kier alpha value is -3.54. The highest BCUT2D eigenvalue weighted by molar-refractivity contribution is 5.77. The zero-order chi connectivity index (χ0) is 19.2. The van der Waals surface area contributed by atoms with Crippen molar-refractivity contribution in [1.29, 1.82) is 0 Å². The molecule has 0 fully saturated rings. The van der Waals surface area contributed by atoms with E-state index in [0.717, 1.165) is 28.1 Å². The SMILES string of the molecule is O=C(CCn1cnc2ccccc21)NCCc1nccc(-c2ccccc2)n1. The lowest BCUT2D eigenvalue weighted by Crippen LogP contribution is -2.27. The van der Waals surface area contributed by atoms with E-state index in [9.17, 15) is 4.79 Å². The van der Waals surface area contributed by atoms with Crippen LogP contribution in [0.15, 0.2) is 73.2 Å². The molecule has 0 saturated heterocycles. The summed E-state index contributed by atoms with van der Waals surface area (Å²) in [6.45, 7) is 1.12. The van der Waals surface area contributed by atoms with Crippen molar-refractivity contribution in [1.82, 2.24) is 24.8 Å². The van der Waals surface area contributed by atoms with Gasteiger partial charge in [-0.1, -0.05) is 42.5 Å². The lowest BCUT2D eigenvalue weighted by molar-refractivity contribution is -0.121. The molecule has 0 aliphatic heterocycles. The highest BCUT2D eigenvalue weighted by atomic mass is 16.1. The van der Waals surface area contributed by atoms with Crippen LogP contribution in [0.2, 0.25) is 0 Å². The van der Waals surface area contributed by atoms with Gasteiger partial charge in [-0.2, -0.15) is 0 Å². The van der Waals surface area contributed by atoms with Gasteiger partial charge in [-0.15, -0.1) is 0 Å². The van der Waals surface area contributed by atoms with Crippen LogP contribution >= 0.6 is 0 Å². The summed E-state index contributed by atoms with van der Waals surface area (Å²) in [6.07, 6.45) is 4.54. The Balaban J connectivity index is 1.28. The van der Waals surface area contributed by atoms with Gasteiger partial charge in [0.15, 0.2) is 0 Å². The summed E-state index contributed by atoms with van der Waals surface area (Å²) in [7, 11) is 0. The average molecular weight is 371 g/mol. The zero-order valence-electron chi connectivity index (χ0n) is 15.5. The molecule has 0 aliphatic carbocycles. The second kappa shape index (κ2) is 8.43. The van der Waals surface area contributed by atoms with Crippen LogP contribution in [0.1, 0.15) is 12.2 Å². The number of nitrogens with zero attached hydrogens (tertiary/aromatic N) is 4. The molecule has 2 heterocycles. The van der Waals surface area contributed by atoms with Crippen molar-refractivity contribution in [2.75, 3.05) is 6.54 Å². The van der Waals surface area contributed by atoms with Crippen LogP contribution < -0.4 is 5.32 Å². The van der Waals surface area contributed by atoms with Crippen molar-refractivity contribution in [3.05, 3.63) is 79.0 Å². The third-order valence-corrected chi connectivity index (χ3v) is 4.55. The van der Waals surface area contributed by atoms with Crippen molar-refractivity contribution in [3.63, 3.8) is 0 Å². The van der Waals surface area contributed by atoms with Crippen LogP contribution in [-0.2, 0) is 17.8 Å². The number of benzene rings is 2. The quantitative estimate of drug-likeness (QED) is 0.541. The molecule has 0 atom stereocenters. The maximum Gasteiger partial charge on any atom is 0.221 e. The van der Waals surface area contributed by atoms with Gasteiger partial charge < -0.3 is 9.88 Å². The molecule has 0 aliphatic rings. The first-order valence-corrected chi connectivity index (χ1v) is 9.33. The molecule has 1 amide bonds. The number of rotatable bonds is 7. The van der Waals surface area contributed by atoms with E-state index in [2.05, 4.69) is 20.3 Å². The molecular formula is C22H21N5O. The number of aryl methyl sites for hydroxylation is 1. The van der Waals surface area contributed by atoms with E-state index < -0.39 is 0 Å². The van der Waals surface area contributed by atoms with Crippen LogP contribution in [0.25, 0.3) is 22.3 Å². The maximum atomic E-state index is 12.2. The van der Waals surface area contributed by atoms with Crippen molar-refractivity contribution < 1.29 is 4.79 Å². The average Bonchev–Trinajstić information content (AvgIpc) is 3.16. The molecule has 2 aromatic carbocycles. The van der Waals surface area contributed by atoms with Crippen molar-refractivity contribution in [2.45, 2.75) is 19.4 Å². The van der Waals surface area contributed by atoms with Gasteiger partial charge >= 0.3 is 0 Å². The highest BCUT2D eigenvalue weighted by Gasteiger charge is 2.06. The van der Waals surface area contributed by atoms with E-state index in [1.807, 2.05) is 65.2 Å². The Kier molecular flexibility index (Phi) is 5.38. The van der Waals surface area contributed by atoms with E-state index >= 15 is 0 Å². The summed E-state index contributed by atoms with van der Waals surface area (Å²) in [5.74, 6) is 0.735. The van der Waals surface area contributed by atoms with Crippen LogP contribution in [0, 0.1) is 0 Å². The second-order valence-corrected chi connectivity index (χ2v) is 6.50. The van der Waals surface area contributed by atoms with Gasteiger partial charge in [-0.05, 0) is 18.2 Å². The van der Waals surface area contributed by atoms with E-state index in [1.165, 1.54) is 0 Å². The molecule has 28 heavy (non-hydrogen) atoms. The smallest absolute Gasteiger partial charge is 0.221 e. The van der Waals surface area contributed by atoms with Crippen LogP contribution in [0.5, 0.6) is 0 Å². The number of carbonyl (C=O) groups is 1. The molecule has 4 rings (SSSR count). The number of carbonyl (C=O) groups excluding carboxylic acids is 1. The number of imidazole rings is 1. The minimum absolute atomic E-state index is 0.0111. The number of nitrogens with one attached hydrogen (secondary N) is 1. The van der Waals surface area contributed by atoms with Crippen LogP contribution in [-0.4, -0.2) is 32.0 Å². The molecule has 6 nitrogen and oxygen atoms in total. The van der Waals surface area contributed by atoms with E-state index in [4.69, 9.17) is 0 Å². The summed E-state index contributed by atoms with van der Waals surface area (Å²) in [5, 5.41) is 2.95. The fourth-order valence-corrected chi connectivity index (χ4v) is 3.10. The van der Waals surface area contributed by atoms with Gasteiger partial charge in [-0.25, -0.2) is 15.0 Å². The maximum absolute atomic E-state index is 12.2. The molecule has 0 spiro atoms. The van der Waals surface area contributed by atoms with Crippen LogP contribution in [0.3, 0.4) is 0 Å². The first-order valence-electron chi connectivity index (χ1n) is 9.33.